The minimum Gasteiger partial charge on any atom is -0.373 e. The van der Waals surface area contributed by atoms with Crippen molar-refractivity contribution < 1.29 is 0 Å². The van der Waals surface area contributed by atoms with Crippen molar-refractivity contribution in [3.05, 3.63) is 24.3 Å². The zero-order chi connectivity index (χ0) is 7.98. The van der Waals surface area contributed by atoms with E-state index in [2.05, 4.69) is 11.9 Å². The van der Waals surface area contributed by atoms with Crippen molar-refractivity contribution in [3.8, 4) is 0 Å². The fraction of sp³-hybridized carbons (Fsp3) is 0.375. The molecule has 0 aliphatic heterocycles. The first-order valence-corrected chi connectivity index (χ1v) is 3.34. The zero-order valence-electron chi connectivity index (χ0n) is 6.57. The molecule has 56 valence electrons. The number of nitrogens with one attached hydrogen (secondary N) is 2. The van der Waals surface area contributed by atoms with Crippen LogP contribution < -0.4 is 5.32 Å². The van der Waals surface area contributed by atoms with Crippen LogP contribution in [0.15, 0.2) is 24.3 Å². The maximum Gasteiger partial charge on any atom is 0.120 e. The third kappa shape index (κ3) is 2.49. The molecule has 2 heteroatoms. The number of rotatable bonds is 3. The average molecular weight is 138 g/mol. The summed E-state index contributed by atoms with van der Waals surface area (Å²) < 4.78 is 0. The second-order valence-electron chi connectivity index (χ2n) is 1.91. The summed E-state index contributed by atoms with van der Waals surface area (Å²) in [4.78, 5) is 0. The van der Waals surface area contributed by atoms with Crippen LogP contribution in [0.25, 0.3) is 0 Å². The topological polar surface area (TPSA) is 35.9 Å². The van der Waals surface area contributed by atoms with E-state index in [1.807, 2.05) is 13.0 Å². The molecular formula is C8H14N2. The van der Waals surface area contributed by atoms with E-state index < -0.39 is 0 Å². The van der Waals surface area contributed by atoms with E-state index in [-0.39, 0.29) is 0 Å². The molecular weight excluding hydrogens is 124 g/mol. The highest BCUT2D eigenvalue weighted by molar-refractivity contribution is 5.95. The van der Waals surface area contributed by atoms with Crippen molar-refractivity contribution in [1.82, 2.24) is 5.32 Å². The molecule has 0 unspecified atom stereocenters. The summed E-state index contributed by atoms with van der Waals surface area (Å²) >= 11 is 0. The van der Waals surface area contributed by atoms with Crippen molar-refractivity contribution in [2.24, 2.45) is 0 Å². The highest BCUT2D eigenvalue weighted by Gasteiger charge is 1.96. The maximum atomic E-state index is 7.37. The van der Waals surface area contributed by atoms with Gasteiger partial charge in [-0.3, -0.25) is 5.41 Å². The van der Waals surface area contributed by atoms with E-state index >= 15 is 0 Å². The lowest BCUT2D eigenvalue weighted by molar-refractivity contribution is 1.07. The first-order chi connectivity index (χ1) is 4.76. The molecule has 2 N–H and O–H groups in total. The highest BCUT2D eigenvalue weighted by atomic mass is 14.9. The summed E-state index contributed by atoms with van der Waals surface area (Å²) in [6.07, 6.45) is 4.41. The first kappa shape index (κ1) is 8.95. The molecule has 0 aromatic carbocycles. The minimum atomic E-state index is 0.474. The van der Waals surface area contributed by atoms with Gasteiger partial charge in [0.15, 0.2) is 0 Å². The van der Waals surface area contributed by atoms with Crippen molar-refractivity contribution in [1.29, 1.82) is 5.41 Å². The zero-order valence-corrected chi connectivity index (χ0v) is 6.57. The van der Waals surface area contributed by atoms with Gasteiger partial charge < -0.3 is 5.32 Å². The molecule has 0 bridgehead atoms. The monoisotopic (exact) mass is 138 g/mol. The summed E-state index contributed by atoms with van der Waals surface area (Å²) in [6.45, 7) is 5.58. The van der Waals surface area contributed by atoms with E-state index in [0.717, 1.165) is 12.0 Å². The Morgan fingerprint density at radius 1 is 1.70 bits per heavy atom. The first-order valence-electron chi connectivity index (χ1n) is 3.34. The van der Waals surface area contributed by atoms with Gasteiger partial charge in [-0.15, -0.1) is 0 Å². The Morgan fingerprint density at radius 2 is 2.30 bits per heavy atom. The molecule has 0 spiro atoms. The molecule has 0 saturated heterocycles. The van der Waals surface area contributed by atoms with Gasteiger partial charge in [-0.1, -0.05) is 25.7 Å². The summed E-state index contributed by atoms with van der Waals surface area (Å²) in [5, 5.41) is 10.1. The molecule has 0 heterocycles. The summed E-state index contributed by atoms with van der Waals surface area (Å²) in [6, 6.07) is 0. The second-order valence-corrected chi connectivity index (χ2v) is 1.91. The van der Waals surface area contributed by atoms with Crippen molar-refractivity contribution in [3.63, 3.8) is 0 Å². The fourth-order valence-corrected chi connectivity index (χ4v) is 0.681. The molecule has 0 saturated carbocycles. The summed E-state index contributed by atoms with van der Waals surface area (Å²) in [5.41, 5.74) is 0.984. The molecule has 2 nitrogen and oxygen atoms in total. The molecule has 0 radical (unpaired) electrons. The second kappa shape index (κ2) is 4.79. The van der Waals surface area contributed by atoms with Gasteiger partial charge in [0.2, 0.25) is 0 Å². The number of hydrogen-bond acceptors (Lipinski definition) is 1. The summed E-state index contributed by atoms with van der Waals surface area (Å²) in [7, 11) is 1.74. The lowest BCUT2D eigenvalue weighted by Gasteiger charge is -2.03. The Balaban J connectivity index is 4.19. The minimum absolute atomic E-state index is 0.474. The van der Waals surface area contributed by atoms with Gasteiger partial charge in [-0.2, -0.15) is 0 Å². The summed E-state index contributed by atoms with van der Waals surface area (Å²) in [5.74, 6) is 0.474. The van der Waals surface area contributed by atoms with Crippen LogP contribution in [0.2, 0.25) is 0 Å². The molecule has 0 rings (SSSR count). The highest BCUT2D eigenvalue weighted by Crippen LogP contribution is 1.99. The third-order valence-electron chi connectivity index (χ3n) is 1.27. The molecule has 0 aliphatic rings. The van der Waals surface area contributed by atoms with E-state index in [1.54, 1.807) is 13.1 Å². The SMILES string of the molecule is C=C/C=C(\CC)C(=N)NC. The van der Waals surface area contributed by atoms with Gasteiger partial charge in [0.25, 0.3) is 0 Å². The Bertz CT molecular complexity index is 157. The fourth-order valence-electron chi connectivity index (χ4n) is 0.681. The molecule has 0 atom stereocenters. The van der Waals surface area contributed by atoms with Gasteiger partial charge in [0.1, 0.15) is 5.84 Å². The molecule has 0 fully saturated rings. The van der Waals surface area contributed by atoms with Crippen molar-refractivity contribution in [2.45, 2.75) is 13.3 Å². The van der Waals surface area contributed by atoms with Crippen LogP contribution in [0.5, 0.6) is 0 Å². The van der Waals surface area contributed by atoms with Crippen LogP contribution >= 0.6 is 0 Å². The van der Waals surface area contributed by atoms with Crippen LogP contribution in [0.4, 0.5) is 0 Å². The average Bonchev–Trinajstić information content (AvgIpc) is 1.99. The molecule has 0 amide bonds. The number of likely N-dealkylation sites (N-methyl/N-ethyl adjacent to an activating group) is 1. The van der Waals surface area contributed by atoms with Crippen molar-refractivity contribution in [2.75, 3.05) is 7.05 Å². The van der Waals surface area contributed by atoms with Gasteiger partial charge in [-0.25, -0.2) is 0 Å². The molecule has 0 aromatic rings. The van der Waals surface area contributed by atoms with Gasteiger partial charge in [0.05, 0.1) is 0 Å². The molecule has 0 aromatic heterocycles. The van der Waals surface area contributed by atoms with Crippen LogP contribution in [0, 0.1) is 5.41 Å². The largest absolute Gasteiger partial charge is 0.373 e. The van der Waals surface area contributed by atoms with Crippen molar-refractivity contribution >= 4 is 5.84 Å². The maximum absolute atomic E-state index is 7.37. The Hall–Kier alpha value is -1.05. The van der Waals surface area contributed by atoms with E-state index in [9.17, 15) is 0 Å². The van der Waals surface area contributed by atoms with Gasteiger partial charge in [0, 0.05) is 7.05 Å². The number of hydrogen-bond donors (Lipinski definition) is 2. The normalized spacial score (nSPS) is 10.8. The van der Waals surface area contributed by atoms with E-state index in [4.69, 9.17) is 5.41 Å². The quantitative estimate of drug-likeness (QED) is 0.347. The van der Waals surface area contributed by atoms with Gasteiger partial charge >= 0.3 is 0 Å². The number of amidine groups is 1. The third-order valence-corrected chi connectivity index (χ3v) is 1.27. The smallest absolute Gasteiger partial charge is 0.120 e. The Labute approximate surface area is 62.1 Å². The van der Waals surface area contributed by atoms with E-state index in [0.29, 0.717) is 5.84 Å². The van der Waals surface area contributed by atoms with Crippen LogP contribution in [-0.4, -0.2) is 12.9 Å². The van der Waals surface area contributed by atoms with Crippen LogP contribution in [0.3, 0.4) is 0 Å². The van der Waals surface area contributed by atoms with Crippen LogP contribution in [0.1, 0.15) is 13.3 Å². The Morgan fingerprint density at radius 3 is 2.60 bits per heavy atom. The molecule has 10 heavy (non-hydrogen) atoms. The van der Waals surface area contributed by atoms with Crippen LogP contribution in [-0.2, 0) is 0 Å². The van der Waals surface area contributed by atoms with Gasteiger partial charge in [-0.05, 0) is 12.0 Å². The Kier molecular flexibility index (Phi) is 4.29. The lowest BCUT2D eigenvalue weighted by Crippen LogP contribution is -2.18. The number of allylic oxidation sites excluding steroid dienone is 2. The van der Waals surface area contributed by atoms with E-state index in [1.165, 1.54) is 0 Å². The predicted octanol–water partition coefficient (Wildman–Crippen LogP) is 1.71. The molecule has 0 aliphatic carbocycles. The lowest BCUT2D eigenvalue weighted by atomic mass is 10.2. The predicted molar refractivity (Wildman–Crippen MR) is 45.4 cm³/mol. The standard InChI is InChI=1S/C8H14N2/c1-4-6-7(5-2)8(9)10-3/h4,6H,1,5H2,2-3H3,(H2,9,10)/b7-6+.